The summed E-state index contributed by atoms with van der Waals surface area (Å²) in [6, 6.07) is 9.92. The Labute approximate surface area is 108 Å². The summed E-state index contributed by atoms with van der Waals surface area (Å²) in [5.41, 5.74) is 0.566. The summed E-state index contributed by atoms with van der Waals surface area (Å²) < 4.78 is 11.5. The first-order valence-electron chi connectivity index (χ1n) is 5.38. The van der Waals surface area contributed by atoms with Crippen molar-refractivity contribution in [1.29, 1.82) is 0 Å². The number of benzene rings is 1. The van der Waals surface area contributed by atoms with Crippen molar-refractivity contribution in [3.05, 3.63) is 35.9 Å². The Morgan fingerprint density at radius 1 is 1.18 bits per heavy atom. The minimum Gasteiger partial charge on any atom is -0.443 e. The van der Waals surface area contributed by atoms with Gasteiger partial charge in [-0.2, -0.15) is 0 Å². The third-order valence-electron chi connectivity index (χ3n) is 2.98. The van der Waals surface area contributed by atoms with Crippen LogP contribution in [-0.2, 0) is 15.3 Å². The highest BCUT2D eigenvalue weighted by molar-refractivity contribution is 5.85. The maximum Gasteiger partial charge on any atom is 0.263 e. The lowest BCUT2D eigenvalue weighted by Gasteiger charge is -2.36. The van der Waals surface area contributed by atoms with E-state index in [2.05, 4.69) is 4.99 Å². The first-order valence-corrected chi connectivity index (χ1v) is 5.38. The fourth-order valence-corrected chi connectivity index (χ4v) is 2.30. The van der Waals surface area contributed by atoms with Crippen LogP contribution < -0.4 is 0 Å². The Kier molecular flexibility index (Phi) is 3.84. The van der Waals surface area contributed by atoms with Gasteiger partial charge in [0.2, 0.25) is 0 Å². The molecule has 4 heteroatoms. The molecule has 0 saturated carbocycles. The van der Waals surface area contributed by atoms with Gasteiger partial charge >= 0.3 is 0 Å². The molecule has 0 fully saturated rings. The number of halogens is 1. The van der Waals surface area contributed by atoms with Gasteiger partial charge in [0.25, 0.3) is 5.79 Å². The topological polar surface area (TPSA) is 30.8 Å². The summed E-state index contributed by atoms with van der Waals surface area (Å²) in [5, 5.41) is 0. The quantitative estimate of drug-likeness (QED) is 0.813. The highest BCUT2D eigenvalue weighted by Gasteiger charge is 2.54. The predicted molar refractivity (Wildman–Crippen MR) is 70.7 cm³/mol. The number of ether oxygens (including phenoxy) is 2. The predicted octanol–water partition coefficient (Wildman–Crippen LogP) is 3.13. The first kappa shape index (κ1) is 14.0. The number of hydrogen-bond donors (Lipinski definition) is 0. The van der Waals surface area contributed by atoms with Gasteiger partial charge in [-0.1, -0.05) is 30.3 Å². The monoisotopic (exact) mass is 255 g/mol. The highest BCUT2D eigenvalue weighted by Crippen LogP contribution is 2.44. The van der Waals surface area contributed by atoms with Crippen LogP contribution in [0.4, 0.5) is 0 Å². The van der Waals surface area contributed by atoms with Crippen molar-refractivity contribution in [1.82, 2.24) is 0 Å². The van der Waals surface area contributed by atoms with Gasteiger partial charge in [-0.15, -0.1) is 12.4 Å². The standard InChI is InChI=1S/C13H17NO2.ClH/c1-10-14-12(2,3)13(15-4,16-10)11-8-6-5-7-9-11;/h5-9H,1-4H3;1H. The van der Waals surface area contributed by atoms with E-state index in [1.807, 2.05) is 51.1 Å². The van der Waals surface area contributed by atoms with Gasteiger partial charge in [-0.3, -0.25) is 0 Å². The Morgan fingerprint density at radius 2 is 1.76 bits per heavy atom. The molecule has 1 aliphatic heterocycles. The molecule has 0 radical (unpaired) electrons. The zero-order chi connectivity index (χ0) is 11.8. The molecule has 94 valence electrons. The van der Waals surface area contributed by atoms with Gasteiger partial charge in [0.1, 0.15) is 5.54 Å². The summed E-state index contributed by atoms with van der Waals surface area (Å²) in [6.07, 6.45) is 0. The summed E-state index contributed by atoms with van der Waals surface area (Å²) >= 11 is 0. The van der Waals surface area contributed by atoms with Gasteiger partial charge < -0.3 is 9.47 Å². The molecule has 1 atom stereocenters. The lowest BCUT2D eigenvalue weighted by atomic mass is 9.88. The number of nitrogens with zero attached hydrogens (tertiary/aromatic N) is 1. The Hall–Kier alpha value is -1.06. The third-order valence-corrected chi connectivity index (χ3v) is 2.98. The van der Waals surface area contributed by atoms with Crippen LogP contribution in [-0.4, -0.2) is 18.5 Å². The molecule has 1 aromatic carbocycles. The molecule has 0 amide bonds. The van der Waals surface area contributed by atoms with Crippen LogP contribution in [0.25, 0.3) is 0 Å². The second-order valence-electron chi connectivity index (χ2n) is 4.48. The molecule has 0 spiro atoms. The zero-order valence-electron chi connectivity index (χ0n) is 10.6. The average Bonchev–Trinajstić information content (AvgIpc) is 2.49. The van der Waals surface area contributed by atoms with E-state index in [1.54, 1.807) is 7.11 Å². The molecule has 0 aromatic heterocycles. The summed E-state index contributed by atoms with van der Waals surface area (Å²) in [5.74, 6) is -0.145. The number of hydrogen-bond acceptors (Lipinski definition) is 3. The van der Waals surface area contributed by atoms with Crippen molar-refractivity contribution in [3.8, 4) is 0 Å². The molecular formula is C13H18ClNO2. The van der Waals surface area contributed by atoms with Crippen LogP contribution in [0.1, 0.15) is 26.3 Å². The minimum atomic E-state index is -0.807. The van der Waals surface area contributed by atoms with Crippen molar-refractivity contribution in [3.63, 3.8) is 0 Å². The molecule has 1 aromatic rings. The minimum absolute atomic E-state index is 0. The molecule has 1 unspecified atom stereocenters. The number of methoxy groups -OCH3 is 1. The lowest BCUT2D eigenvalue weighted by molar-refractivity contribution is -0.204. The van der Waals surface area contributed by atoms with Crippen LogP contribution in [0.3, 0.4) is 0 Å². The van der Waals surface area contributed by atoms with E-state index in [4.69, 9.17) is 9.47 Å². The van der Waals surface area contributed by atoms with Gasteiger partial charge in [-0.05, 0) is 13.8 Å². The van der Waals surface area contributed by atoms with E-state index in [0.29, 0.717) is 5.90 Å². The summed E-state index contributed by atoms with van der Waals surface area (Å²) in [7, 11) is 1.66. The fraction of sp³-hybridized carbons (Fsp3) is 0.462. The second-order valence-corrected chi connectivity index (χ2v) is 4.48. The number of aliphatic imine (C=N–C) groups is 1. The van der Waals surface area contributed by atoms with Crippen LogP contribution in [0.5, 0.6) is 0 Å². The largest absolute Gasteiger partial charge is 0.443 e. The summed E-state index contributed by atoms with van der Waals surface area (Å²) in [6.45, 7) is 5.88. The van der Waals surface area contributed by atoms with Crippen LogP contribution >= 0.6 is 12.4 Å². The third kappa shape index (κ3) is 2.05. The van der Waals surface area contributed by atoms with Crippen molar-refractivity contribution in [2.45, 2.75) is 32.1 Å². The molecule has 2 rings (SSSR count). The zero-order valence-corrected chi connectivity index (χ0v) is 11.4. The molecule has 0 bridgehead atoms. The van der Waals surface area contributed by atoms with Gasteiger partial charge in [0, 0.05) is 19.6 Å². The van der Waals surface area contributed by atoms with Gasteiger partial charge in [0.15, 0.2) is 5.90 Å². The second kappa shape index (κ2) is 4.67. The van der Waals surface area contributed by atoms with Crippen LogP contribution in [0, 0.1) is 0 Å². The Bertz CT molecular complexity index is 417. The molecule has 0 aliphatic carbocycles. The molecule has 17 heavy (non-hydrogen) atoms. The van der Waals surface area contributed by atoms with Gasteiger partial charge in [0.05, 0.1) is 0 Å². The number of rotatable bonds is 2. The maximum absolute atomic E-state index is 5.83. The summed E-state index contributed by atoms with van der Waals surface area (Å²) in [4.78, 5) is 4.49. The highest BCUT2D eigenvalue weighted by atomic mass is 35.5. The van der Waals surface area contributed by atoms with E-state index >= 15 is 0 Å². The van der Waals surface area contributed by atoms with Crippen LogP contribution in [0.2, 0.25) is 0 Å². The van der Waals surface area contributed by atoms with E-state index in [9.17, 15) is 0 Å². The molecule has 1 heterocycles. The SMILES string of the molecule is COC1(c2ccccc2)OC(C)=NC1(C)C.Cl. The van der Waals surface area contributed by atoms with Gasteiger partial charge in [-0.25, -0.2) is 4.99 Å². The van der Waals surface area contributed by atoms with Crippen LogP contribution in [0.15, 0.2) is 35.3 Å². The Morgan fingerprint density at radius 3 is 2.18 bits per heavy atom. The molecule has 0 saturated heterocycles. The molecule has 3 nitrogen and oxygen atoms in total. The average molecular weight is 256 g/mol. The first-order chi connectivity index (χ1) is 7.52. The maximum atomic E-state index is 5.83. The van der Waals surface area contributed by atoms with E-state index in [-0.39, 0.29) is 12.4 Å². The van der Waals surface area contributed by atoms with Crippen molar-refractivity contribution in [2.75, 3.05) is 7.11 Å². The van der Waals surface area contributed by atoms with Crippen molar-refractivity contribution >= 4 is 18.3 Å². The van der Waals surface area contributed by atoms with E-state index < -0.39 is 11.3 Å². The van der Waals surface area contributed by atoms with E-state index in [0.717, 1.165) is 5.56 Å². The fourth-order valence-electron chi connectivity index (χ4n) is 2.30. The van der Waals surface area contributed by atoms with E-state index in [1.165, 1.54) is 0 Å². The normalized spacial score (nSPS) is 25.8. The lowest BCUT2D eigenvalue weighted by Crippen LogP contribution is -2.46. The van der Waals surface area contributed by atoms with Crippen molar-refractivity contribution in [2.24, 2.45) is 4.99 Å². The van der Waals surface area contributed by atoms with Crippen molar-refractivity contribution < 1.29 is 9.47 Å². The molecular weight excluding hydrogens is 238 g/mol. The Balaban J connectivity index is 0.00000144. The molecule has 0 N–H and O–H groups in total. The molecule has 1 aliphatic rings. The smallest absolute Gasteiger partial charge is 0.263 e.